The van der Waals surface area contributed by atoms with Crippen molar-refractivity contribution in [3.63, 3.8) is 0 Å². The van der Waals surface area contributed by atoms with Crippen LogP contribution in [0.25, 0.3) is 0 Å². The summed E-state index contributed by atoms with van der Waals surface area (Å²) in [6, 6.07) is 7.94. The van der Waals surface area contributed by atoms with Crippen molar-refractivity contribution in [1.82, 2.24) is 5.32 Å². The Morgan fingerprint density at radius 2 is 1.95 bits per heavy atom. The van der Waals surface area contributed by atoms with Gasteiger partial charge >= 0.3 is 0 Å². The average molecular weight is 314 g/mol. The van der Waals surface area contributed by atoms with Crippen LogP contribution < -0.4 is 5.32 Å². The van der Waals surface area contributed by atoms with Crippen LogP contribution in [-0.2, 0) is 11.3 Å². The molecular formula is C16H24ClNO3. The van der Waals surface area contributed by atoms with Gasteiger partial charge in [0.15, 0.2) is 0 Å². The molecule has 3 N–H and O–H groups in total. The van der Waals surface area contributed by atoms with Crippen molar-refractivity contribution in [3.8, 4) is 0 Å². The molecule has 0 aliphatic heterocycles. The van der Waals surface area contributed by atoms with E-state index < -0.39 is 6.10 Å². The summed E-state index contributed by atoms with van der Waals surface area (Å²) >= 11 is 6.04. The van der Waals surface area contributed by atoms with E-state index in [-0.39, 0.29) is 12.7 Å². The first-order valence-electron chi connectivity index (χ1n) is 7.56. The number of ether oxygens (including phenoxy) is 1. The second-order valence-corrected chi connectivity index (χ2v) is 6.08. The van der Waals surface area contributed by atoms with Crippen LogP contribution in [0, 0.1) is 0 Å². The first kappa shape index (κ1) is 16.7. The van der Waals surface area contributed by atoms with Gasteiger partial charge in [-0.25, -0.2) is 0 Å². The minimum absolute atomic E-state index is 0.146. The Balaban J connectivity index is 1.59. The molecule has 0 amide bonds. The minimum Gasteiger partial charge on any atom is -0.393 e. The van der Waals surface area contributed by atoms with Crippen LogP contribution in [0.5, 0.6) is 0 Å². The molecule has 2 rings (SSSR count). The highest BCUT2D eigenvalue weighted by molar-refractivity contribution is 6.31. The lowest BCUT2D eigenvalue weighted by atomic mass is 9.93. The van der Waals surface area contributed by atoms with Crippen LogP contribution in [0.3, 0.4) is 0 Å². The maximum absolute atomic E-state index is 9.91. The Hall–Kier alpha value is -0.650. The molecule has 0 unspecified atom stereocenters. The van der Waals surface area contributed by atoms with Crippen LogP contribution in [0.15, 0.2) is 24.3 Å². The van der Waals surface area contributed by atoms with E-state index in [1.807, 2.05) is 24.3 Å². The predicted molar refractivity (Wildman–Crippen MR) is 83.4 cm³/mol. The summed E-state index contributed by atoms with van der Waals surface area (Å²) < 4.78 is 5.50. The molecule has 1 aliphatic rings. The Labute approximate surface area is 131 Å². The molecule has 1 aliphatic carbocycles. The highest BCUT2D eigenvalue weighted by Gasteiger charge is 2.19. The number of hydrogen-bond donors (Lipinski definition) is 3. The van der Waals surface area contributed by atoms with Crippen LogP contribution in [-0.4, -0.2) is 41.6 Å². The second-order valence-electron chi connectivity index (χ2n) is 5.67. The normalized spacial score (nSPS) is 24.0. The van der Waals surface area contributed by atoms with Gasteiger partial charge in [-0.2, -0.15) is 0 Å². The van der Waals surface area contributed by atoms with Gasteiger partial charge in [0, 0.05) is 17.6 Å². The maximum Gasteiger partial charge on any atom is 0.0897 e. The number of hydrogen-bond acceptors (Lipinski definition) is 4. The van der Waals surface area contributed by atoms with Crippen LogP contribution in [0.2, 0.25) is 5.02 Å². The fourth-order valence-corrected chi connectivity index (χ4v) is 2.75. The Morgan fingerprint density at radius 3 is 2.67 bits per heavy atom. The quantitative estimate of drug-likeness (QED) is 0.721. The first-order chi connectivity index (χ1) is 10.1. The van der Waals surface area contributed by atoms with Gasteiger partial charge < -0.3 is 20.3 Å². The van der Waals surface area contributed by atoms with Crippen molar-refractivity contribution in [3.05, 3.63) is 34.9 Å². The van der Waals surface area contributed by atoms with Gasteiger partial charge in [0.25, 0.3) is 0 Å². The summed E-state index contributed by atoms with van der Waals surface area (Å²) in [5.74, 6) is 0. The van der Waals surface area contributed by atoms with Gasteiger partial charge in [-0.3, -0.25) is 0 Å². The second kappa shape index (κ2) is 8.71. The molecule has 1 saturated carbocycles. The van der Waals surface area contributed by atoms with Gasteiger partial charge in [-0.1, -0.05) is 29.8 Å². The lowest BCUT2D eigenvalue weighted by Gasteiger charge is -2.27. The molecule has 0 bridgehead atoms. The molecule has 0 saturated heterocycles. The Bertz CT molecular complexity index is 422. The highest BCUT2D eigenvalue weighted by atomic mass is 35.5. The third-order valence-electron chi connectivity index (χ3n) is 3.86. The minimum atomic E-state index is -0.528. The van der Waals surface area contributed by atoms with E-state index in [0.717, 1.165) is 31.2 Å². The standard InChI is InChI=1S/C16H24ClNO3/c17-16-4-2-1-3-12(16)10-21-11-15(20)9-18-13-5-7-14(19)8-6-13/h1-4,13-15,18-20H,5-11H2/t13?,14?,15-/m1/s1. The number of aliphatic hydroxyl groups excluding tert-OH is 2. The summed E-state index contributed by atoms with van der Waals surface area (Å²) in [5, 5.41) is 23.4. The number of nitrogens with one attached hydrogen (secondary N) is 1. The molecule has 5 heteroatoms. The van der Waals surface area contributed by atoms with Crippen molar-refractivity contribution < 1.29 is 14.9 Å². The molecule has 0 heterocycles. The Morgan fingerprint density at radius 1 is 1.24 bits per heavy atom. The molecule has 0 aromatic heterocycles. The van der Waals surface area contributed by atoms with Crippen LogP contribution >= 0.6 is 11.6 Å². The van der Waals surface area contributed by atoms with E-state index in [4.69, 9.17) is 16.3 Å². The maximum atomic E-state index is 9.91. The summed E-state index contributed by atoms with van der Waals surface area (Å²) in [7, 11) is 0. The predicted octanol–water partition coefficient (Wildman–Crippen LogP) is 2.11. The molecule has 1 aromatic carbocycles. The van der Waals surface area contributed by atoms with Crippen molar-refractivity contribution in [2.75, 3.05) is 13.2 Å². The van der Waals surface area contributed by atoms with E-state index in [0.29, 0.717) is 24.2 Å². The zero-order chi connectivity index (χ0) is 15.1. The van der Waals surface area contributed by atoms with Gasteiger partial charge in [0.05, 0.1) is 25.4 Å². The van der Waals surface area contributed by atoms with Crippen molar-refractivity contribution in [2.45, 2.75) is 50.5 Å². The molecule has 118 valence electrons. The van der Waals surface area contributed by atoms with E-state index in [1.54, 1.807) is 0 Å². The van der Waals surface area contributed by atoms with Crippen LogP contribution in [0.1, 0.15) is 31.2 Å². The fraction of sp³-hybridized carbons (Fsp3) is 0.625. The van der Waals surface area contributed by atoms with Gasteiger partial charge in [0.1, 0.15) is 0 Å². The van der Waals surface area contributed by atoms with E-state index in [9.17, 15) is 10.2 Å². The van der Waals surface area contributed by atoms with Gasteiger partial charge in [-0.05, 0) is 37.3 Å². The van der Waals surface area contributed by atoms with Crippen LogP contribution in [0.4, 0.5) is 0 Å². The highest BCUT2D eigenvalue weighted by Crippen LogP contribution is 2.18. The number of benzene rings is 1. The molecule has 1 atom stereocenters. The molecule has 0 radical (unpaired) electrons. The third kappa shape index (κ3) is 5.93. The zero-order valence-electron chi connectivity index (χ0n) is 12.2. The zero-order valence-corrected chi connectivity index (χ0v) is 12.9. The molecule has 0 spiro atoms. The Kier molecular flexibility index (Phi) is 6.93. The molecule has 1 fully saturated rings. The van der Waals surface area contributed by atoms with Gasteiger partial charge in [0.2, 0.25) is 0 Å². The van der Waals surface area contributed by atoms with E-state index in [1.165, 1.54) is 0 Å². The lowest BCUT2D eigenvalue weighted by Crippen LogP contribution is -2.40. The molecular weight excluding hydrogens is 290 g/mol. The lowest BCUT2D eigenvalue weighted by molar-refractivity contribution is 0.0258. The van der Waals surface area contributed by atoms with E-state index in [2.05, 4.69) is 5.32 Å². The summed E-state index contributed by atoms with van der Waals surface area (Å²) in [6.07, 6.45) is 2.95. The average Bonchev–Trinajstić information content (AvgIpc) is 2.49. The smallest absolute Gasteiger partial charge is 0.0897 e. The monoisotopic (exact) mass is 313 g/mol. The number of rotatable bonds is 7. The number of aliphatic hydroxyl groups is 2. The third-order valence-corrected chi connectivity index (χ3v) is 4.23. The molecule has 21 heavy (non-hydrogen) atoms. The van der Waals surface area contributed by atoms with Gasteiger partial charge in [-0.15, -0.1) is 0 Å². The summed E-state index contributed by atoms with van der Waals surface area (Å²) in [5.41, 5.74) is 0.931. The SMILES string of the molecule is OC1CCC(NC[C@@H](O)COCc2ccccc2Cl)CC1. The van der Waals surface area contributed by atoms with Crippen molar-refractivity contribution in [1.29, 1.82) is 0 Å². The summed E-state index contributed by atoms with van der Waals surface area (Å²) in [4.78, 5) is 0. The molecule has 1 aromatic rings. The van der Waals surface area contributed by atoms with Crippen molar-refractivity contribution in [2.24, 2.45) is 0 Å². The van der Waals surface area contributed by atoms with E-state index >= 15 is 0 Å². The first-order valence-corrected chi connectivity index (χ1v) is 7.93. The largest absolute Gasteiger partial charge is 0.393 e. The summed E-state index contributed by atoms with van der Waals surface area (Å²) in [6.45, 7) is 1.21. The topological polar surface area (TPSA) is 61.7 Å². The molecule has 4 nitrogen and oxygen atoms in total. The number of halogens is 1. The fourth-order valence-electron chi connectivity index (χ4n) is 2.56. The van der Waals surface area contributed by atoms with Crippen molar-refractivity contribution >= 4 is 11.6 Å².